The number of ether oxygens (including phenoxy) is 2. The van der Waals surface area contributed by atoms with E-state index in [1.54, 1.807) is 13.2 Å². The van der Waals surface area contributed by atoms with E-state index in [0.717, 1.165) is 11.3 Å². The van der Waals surface area contributed by atoms with Crippen LogP contribution in [0, 0.1) is 13.8 Å². The zero-order valence-electron chi connectivity index (χ0n) is 17.8. The predicted molar refractivity (Wildman–Crippen MR) is 118 cm³/mol. The minimum atomic E-state index is -0.275. The molecule has 1 amide bonds. The van der Waals surface area contributed by atoms with Crippen LogP contribution in [-0.4, -0.2) is 33.5 Å². The molecule has 0 saturated heterocycles. The number of aromatic nitrogens is 3. The van der Waals surface area contributed by atoms with Gasteiger partial charge in [-0.05, 0) is 50.1 Å². The molecule has 0 aliphatic carbocycles. The van der Waals surface area contributed by atoms with Crippen LogP contribution in [0.2, 0.25) is 0 Å². The van der Waals surface area contributed by atoms with E-state index in [2.05, 4.69) is 28.5 Å². The molecule has 0 aliphatic heterocycles. The first-order chi connectivity index (χ1) is 14.4. The Kier molecular flexibility index (Phi) is 6.99. The molecular weight excluding hydrogens is 400 g/mol. The van der Waals surface area contributed by atoms with Gasteiger partial charge in [0.15, 0.2) is 17.1 Å². The maximum Gasteiger partial charge on any atom is 0.234 e. The van der Waals surface area contributed by atoms with Crippen molar-refractivity contribution in [3.8, 4) is 11.5 Å². The molecule has 1 N–H and O–H groups in total. The molecule has 3 rings (SSSR count). The second-order valence-corrected chi connectivity index (χ2v) is 7.87. The van der Waals surface area contributed by atoms with E-state index in [9.17, 15) is 4.79 Å². The van der Waals surface area contributed by atoms with E-state index in [1.807, 2.05) is 55.8 Å². The molecule has 2 aromatic carbocycles. The Morgan fingerprint density at radius 2 is 1.97 bits per heavy atom. The summed E-state index contributed by atoms with van der Waals surface area (Å²) in [7, 11) is 3.47. The third-order valence-electron chi connectivity index (χ3n) is 4.78. The van der Waals surface area contributed by atoms with E-state index >= 15 is 0 Å². The Morgan fingerprint density at radius 3 is 2.73 bits per heavy atom. The number of nitrogens with zero attached hydrogens (tertiary/aromatic N) is 3. The van der Waals surface area contributed by atoms with Gasteiger partial charge >= 0.3 is 0 Å². The van der Waals surface area contributed by atoms with Crippen molar-refractivity contribution in [3.05, 3.63) is 59.4 Å². The van der Waals surface area contributed by atoms with Crippen LogP contribution in [0.15, 0.2) is 47.6 Å². The van der Waals surface area contributed by atoms with Gasteiger partial charge in [0.05, 0.1) is 12.9 Å². The van der Waals surface area contributed by atoms with Crippen molar-refractivity contribution in [2.75, 3.05) is 18.2 Å². The SMILES string of the molecule is COc1cccc(NC(=O)CSc2nnc(C(C)Oc3cccc(C)c3C)n2C)c1. The fourth-order valence-corrected chi connectivity index (χ4v) is 3.65. The van der Waals surface area contributed by atoms with Gasteiger partial charge in [0.1, 0.15) is 11.5 Å². The van der Waals surface area contributed by atoms with Crippen LogP contribution in [0.5, 0.6) is 11.5 Å². The standard InChI is InChI=1S/C22H26N4O3S/c1-14-8-6-11-19(15(14)2)29-16(3)21-24-25-22(26(21)4)30-13-20(27)23-17-9-7-10-18(12-17)28-5/h6-12,16H,13H2,1-5H3,(H,23,27). The van der Waals surface area contributed by atoms with E-state index < -0.39 is 0 Å². The molecule has 3 aromatic rings. The highest BCUT2D eigenvalue weighted by Gasteiger charge is 2.19. The van der Waals surface area contributed by atoms with Crippen LogP contribution in [0.1, 0.15) is 30.0 Å². The maximum absolute atomic E-state index is 12.3. The van der Waals surface area contributed by atoms with Crippen LogP contribution in [0.3, 0.4) is 0 Å². The molecule has 0 spiro atoms. The molecule has 1 heterocycles. The van der Waals surface area contributed by atoms with E-state index in [-0.39, 0.29) is 17.8 Å². The Bertz CT molecular complexity index is 1030. The van der Waals surface area contributed by atoms with Crippen LogP contribution in [-0.2, 0) is 11.8 Å². The largest absolute Gasteiger partial charge is 0.497 e. The molecule has 30 heavy (non-hydrogen) atoms. The van der Waals surface area contributed by atoms with Gasteiger partial charge in [-0.3, -0.25) is 4.79 Å². The Balaban J connectivity index is 1.60. The summed E-state index contributed by atoms with van der Waals surface area (Å²) in [5, 5.41) is 12.0. The quantitative estimate of drug-likeness (QED) is 0.541. The molecule has 8 heteroatoms. The summed E-state index contributed by atoms with van der Waals surface area (Å²) in [6.45, 7) is 6.03. The number of carbonyl (C=O) groups excluding carboxylic acids is 1. The number of nitrogens with one attached hydrogen (secondary N) is 1. The van der Waals surface area contributed by atoms with Crippen molar-refractivity contribution >= 4 is 23.4 Å². The number of hydrogen-bond donors (Lipinski definition) is 1. The molecule has 1 atom stereocenters. The van der Waals surface area contributed by atoms with Crippen LogP contribution in [0.25, 0.3) is 0 Å². The summed E-state index contributed by atoms with van der Waals surface area (Å²) in [6.07, 6.45) is -0.275. The molecule has 1 unspecified atom stereocenters. The van der Waals surface area contributed by atoms with Crippen LogP contribution < -0.4 is 14.8 Å². The van der Waals surface area contributed by atoms with Crippen molar-refractivity contribution in [2.24, 2.45) is 7.05 Å². The summed E-state index contributed by atoms with van der Waals surface area (Å²) < 4.78 is 13.1. The van der Waals surface area contributed by atoms with E-state index in [1.165, 1.54) is 17.3 Å². The van der Waals surface area contributed by atoms with Gasteiger partial charge in [0, 0.05) is 18.8 Å². The summed E-state index contributed by atoms with van der Waals surface area (Å²) in [6, 6.07) is 13.2. The highest BCUT2D eigenvalue weighted by Crippen LogP contribution is 2.27. The number of thioether (sulfide) groups is 1. The smallest absolute Gasteiger partial charge is 0.234 e. The number of amides is 1. The second kappa shape index (κ2) is 9.67. The van der Waals surface area contributed by atoms with Crippen molar-refractivity contribution in [1.82, 2.24) is 14.8 Å². The van der Waals surface area contributed by atoms with Crippen molar-refractivity contribution in [1.29, 1.82) is 0 Å². The average molecular weight is 427 g/mol. The zero-order chi connectivity index (χ0) is 21.7. The third-order valence-corrected chi connectivity index (χ3v) is 5.80. The van der Waals surface area contributed by atoms with E-state index in [0.29, 0.717) is 22.4 Å². The number of methoxy groups -OCH3 is 1. The number of aryl methyl sites for hydroxylation is 1. The molecule has 0 bridgehead atoms. The molecule has 0 saturated carbocycles. The third kappa shape index (κ3) is 5.13. The molecule has 158 valence electrons. The fraction of sp³-hybridized carbons (Fsp3) is 0.318. The number of anilines is 1. The first kappa shape index (κ1) is 21.7. The molecule has 0 aliphatic rings. The number of hydrogen-bond acceptors (Lipinski definition) is 6. The van der Waals surface area contributed by atoms with Gasteiger partial charge in [0.2, 0.25) is 5.91 Å². The lowest BCUT2D eigenvalue weighted by Crippen LogP contribution is -2.15. The molecule has 1 aromatic heterocycles. The second-order valence-electron chi connectivity index (χ2n) is 6.93. The lowest BCUT2D eigenvalue weighted by atomic mass is 10.1. The van der Waals surface area contributed by atoms with Gasteiger partial charge in [-0.2, -0.15) is 0 Å². The van der Waals surface area contributed by atoms with Gasteiger partial charge in [-0.25, -0.2) is 0 Å². The lowest BCUT2D eigenvalue weighted by molar-refractivity contribution is -0.113. The molecule has 0 radical (unpaired) electrons. The molecule has 7 nitrogen and oxygen atoms in total. The summed E-state index contributed by atoms with van der Waals surface area (Å²) in [4.78, 5) is 12.3. The molecule has 0 fully saturated rings. The Hall–Kier alpha value is -3.00. The topological polar surface area (TPSA) is 78.3 Å². The summed E-state index contributed by atoms with van der Waals surface area (Å²) >= 11 is 1.32. The molecular formula is C22H26N4O3S. The van der Waals surface area contributed by atoms with Crippen LogP contribution >= 0.6 is 11.8 Å². The minimum Gasteiger partial charge on any atom is -0.497 e. The highest BCUT2D eigenvalue weighted by atomic mass is 32.2. The maximum atomic E-state index is 12.3. The van der Waals surface area contributed by atoms with Gasteiger partial charge < -0.3 is 19.4 Å². The van der Waals surface area contributed by atoms with Crippen molar-refractivity contribution < 1.29 is 14.3 Å². The zero-order valence-corrected chi connectivity index (χ0v) is 18.6. The number of carbonyl (C=O) groups is 1. The number of benzene rings is 2. The van der Waals surface area contributed by atoms with Crippen molar-refractivity contribution in [3.63, 3.8) is 0 Å². The first-order valence-electron chi connectivity index (χ1n) is 9.58. The Labute approximate surface area is 180 Å². The highest BCUT2D eigenvalue weighted by molar-refractivity contribution is 7.99. The summed E-state index contributed by atoms with van der Waals surface area (Å²) in [5.74, 6) is 2.31. The van der Waals surface area contributed by atoms with Gasteiger partial charge in [-0.1, -0.05) is 30.0 Å². The van der Waals surface area contributed by atoms with E-state index in [4.69, 9.17) is 9.47 Å². The first-order valence-corrected chi connectivity index (χ1v) is 10.6. The lowest BCUT2D eigenvalue weighted by Gasteiger charge is -2.16. The van der Waals surface area contributed by atoms with Crippen molar-refractivity contribution in [2.45, 2.75) is 32.0 Å². The normalized spacial score (nSPS) is 11.8. The van der Waals surface area contributed by atoms with Gasteiger partial charge in [-0.15, -0.1) is 10.2 Å². The number of rotatable bonds is 8. The van der Waals surface area contributed by atoms with Crippen LogP contribution in [0.4, 0.5) is 5.69 Å². The Morgan fingerprint density at radius 1 is 1.20 bits per heavy atom. The van der Waals surface area contributed by atoms with Gasteiger partial charge in [0.25, 0.3) is 0 Å². The minimum absolute atomic E-state index is 0.127. The monoisotopic (exact) mass is 426 g/mol. The fourth-order valence-electron chi connectivity index (χ4n) is 2.93. The summed E-state index contributed by atoms with van der Waals surface area (Å²) in [5.41, 5.74) is 2.97. The average Bonchev–Trinajstić information content (AvgIpc) is 3.10. The predicted octanol–water partition coefficient (Wildman–Crippen LogP) is 4.31.